The van der Waals surface area contributed by atoms with Crippen molar-refractivity contribution in [3.63, 3.8) is 0 Å². The molecule has 0 bridgehead atoms. The lowest BCUT2D eigenvalue weighted by atomic mass is 9.90. The van der Waals surface area contributed by atoms with Gasteiger partial charge in [-0.1, -0.05) is 19.3 Å². The van der Waals surface area contributed by atoms with E-state index in [1.165, 1.54) is 31.4 Å². The summed E-state index contributed by atoms with van der Waals surface area (Å²) in [5.41, 5.74) is 6.00. The second-order valence-electron chi connectivity index (χ2n) is 4.83. The van der Waals surface area contributed by atoms with Gasteiger partial charge in [-0.3, -0.25) is 0 Å². The number of esters is 1. The number of hydrogen-bond acceptors (Lipinski definition) is 3. The van der Waals surface area contributed by atoms with Crippen molar-refractivity contribution in [2.24, 2.45) is 5.92 Å². The Bertz CT molecular complexity index is 428. The highest BCUT2D eigenvalue weighted by Gasteiger charge is 2.17. The Morgan fingerprint density at radius 2 is 2.06 bits per heavy atom. The standard InChI is InChI=1S/C14H18FNO2/c15-11-6-7-13(16)12(8-11)14(17)18-9-10-4-2-1-3-5-10/h6-8,10H,1-5,9,16H2. The number of carbonyl (C=O) groups excluding carboxylic acids is 1. The van der Waals surface area contributed by atoms with E-state index in [-0.39, 0.29) is 11.3 Å². The molecule has 1 saturated carbocycles. The van der Waals surface area contributed by atoms with Crippen LogP contribution in [0.25, 0.3) is 0 Å². The molecule has 0 aliphatic heterocycles. The van der Waals surface area contributed by atoms with Gasteiger partial charge in [-0.05, 0) is 37.0 Å². The van der Waals surface area contributed by atoms with E-state index in [4.69, 9.17) is 10.5 Å². The molecule has 0 unspecified atom stereocenters. The first kappa shape index (κ1) is 12.9. The van der Waals surface area contributed by atoms with Crippen LogP contribution in [-0.2, 0) is 4.74 Å². The maximum Gasteiger partial charge on any atom is 0.340 e. The molecule has 18 heavy (non-hydrogen) atoms. The molecule has 3 nitrogen and oxygen atoms in total. The average molecular weight is 251 g/mol. The number of nitrogens with two attached hydrogens (primary N) is 1. The van der Waals surface area contributed by atoms with Gasteiger partial charge in [0.05, 0.1) is 12.2 Å². The van der Waals surface area contributed by atoms with Crippen molar-refractivity contribution in [2.45, 2.75) is 32.1 Å². The third kappa shape index (κ3) is 3.22. The molecular weight excluding hydrogens is 233 g/mol. The Kier molecular flexibility index (Phi) is 4.18. The van der Waals surface area contributed by atoms with E-state index >= 15 is 0 Å². The third-order valence-corrected chi connectivity index (χ3v) is 3.41. The van der Waals surface area contributed by atoms with Crippen LogP contribution in [0.4, 0.5) is 10.1 Å². The molecule has 1 aromatic carbocycles. The van der Waals surface area contributed by atoms with Crippen molar-refractivity contribution < 1.29 is 13.9 Å². The van der Waals surface area contributed by atoms with Crippen LogP contribution >= 0.6 is 0 Å². The number of hydrogen-bond donors (Lipinski definition) is 1. The zero-order valence-corrected chi connectivity index (χ0v) is 10.3. The summed E-state index contributed by atoms with van der Waals surface area (Å²) in [6.45, 7) is 0.411. The van der Waals surface area contributed by atoms with Crippen molar-refractivity contribution in [3.05, 3.63) is 29.6 Å². The van der Waals surface area contributed by atoms with Crippen LogP contribution in [0.15, 0.2) is 18.2 Å². The number of nitrogen functional groups attached to an aromatic ring is 1. The molecule has 0 aromatic heterocycles. The molecule has 0 radical (unpaired) electrons. The number of ether oxygens (including phenoxy) is 1. The highest BCUT2D eigenvalue weighted by Crippen LogP contribution is 2.24. The zero-order valence-electron chi connectivity index (χ0n) is 10.3. The van der Waals surface area contributed by atoms with Gasteiger partial charge in [0.2, 0.25) is 0 Å². The molecule has 0 saturated heterocycles. The van der Waals surface area contributed by atoms with Crippen molar-refractivity contribution >= 4 is 11.7 Å². The quantitative estimate of drug-likeness (QED) is 0.663. The van der Waals surface area contributed by atoms with E-state index in [0.29, 0.717) is 12.5 Å². The second-order valence-corrected chi connectivity index (χ2v) is 4.83. The fourth-order valence-electron chi connectivity index (χ4n) is 2.33. The van der Waals surface area contributed by atoms with Crippen LogP contribution in [0.3, 0.4) is 0 Å². The van der Waals surface area contributed by atoms with Gasteiger partial charge in [0.1, 0.15) is 5.82 Å². The van der Waals surface area contributed by atoms with Crippen LogP contribution in [0.2, 0.25) is 0 Å². The highest BCUT2D eigenvalue weighted by molar-refractivity contribution is 5.95. The Morgan fingerprint density at radius 3 is 2.78 bits per heavy atom. The van der Waals surface area contributed by atoms with Gasteiger partial charge in [-0.2, -0.15) is 0 Å². The summed E-state index contributed by atoms with van der Waals surface area (Å²) in [6.07, 6.45) is 5.87. The molecule has 1 fully saturated rings. The Morgan fingerprint density at radius 1 is 1.33 bits per heavy atom. The van der Waals surface area contributed by atoms with Crippen LogP contribution < -0.4 is 5.73 Å². The lowest BCUT2D eigenvalue weighted by Gasteiger charge is -2.21. The molecule has 0 amide bonds. The summed E-state index contributed by atoms with van der Waals surface area (Å²) in [4.78, 5) is 11.8. The van der Waals surface area contributed by atoms with Crippen molar-refractivity contribution in [2.75, 3.05) is 12.3 Å². The lowest BCUT2D eigenvalue weighted by Crippen LogP contribution is -2.17. The van der Waals surface area contributed by atoms with Gasteiger partial charge in [-0.15, -0.1) is 0 Å². The Balaban J connectivity index is 1.92. The predicted molar refractivity (Wildman–Crippen MR) is 67.7 cm³/mol. The van der Waals surface area contributed by atoms with Crippen molar-refractivity contribution in [1.82, 2.24) is 0 Å². The van der Waals surface area contributed by atoms with E-state index in [1.54, 1.807) is 0 Å². The summed E-state index contributed by atoms with van der Waals surface area (Å²) < 4.78 is 18.3. The first-order valence-corrected chi connectivity index (χ1v) is 6.39. The minimum Gasteiger partial charge on any atom is -0.462 e. The fourth-order valence-corrected chi connectivity index (χ4v) is 2.33. The second kappa shape index (κ2) is 5.85. The topological polar surface area (TPSA) is 52.3 Å². The molecule has 1 aliphatic carbocycles. The van der Waals surface area contributed by atoms with Gasteiger partial charge >= 0.3 is 5.97 Å². The van der Waals surface area contributed by atoms with Gasteiger partial charge < -0.3 is 10.5 Å². The predicted octanol–water partition coefficient (Wildman–Crippen LogP) is 3.15. The first-order valence-electron chi connectivity index (χ1n) is 6.39. The molecule has 0 atom stereocenters. The zero-order chi connectivity index (χ0) is 13.0. The molecular formula is C14H18FNO2. The number of carbonyl (C=O) groups is 1. The van der Waals surface area contributed by atoms with Crippen LogP contribution in [0, 0.1) is 11.7 Å². The summed E-state index contributed by atoms with van der Waals surface area (Å²) in [6, 6.07) is 3.73. The summed E-state index contributed by atoms with van der Waals surface area (Å²) in [5, 5.41) is 0. The smallest absolute Gasteiger partial charge is 0.340 e. The number of rotatable bonds is 3. The van der Waals surface area contributed by atoms with Crippen LogP contribution in [0.1, 0.15) is 42.5 Å². The number of anilines is 1. The summed E-state index contributed by atoms with van der Waals surface area (Å²) in [5.74, 6) is -0.566. The Labute approximate surface area is 106 Å². The van der Waals surface area contributed by atoms with Gasteiger partial charge in [-0.25, -0.2) is 9.18 Å². The van der Waals surface area contributed by atoms with Crippen molar-refractivity contribution in [1.29, 1.82) is 0 Å². The van der Waals surface area contributed by atoms with Gasteiger partial charge in [0.25, 0.3) is 0 Å². The monoisotopic (exact) mass is 251 g/mol. The largest absolute Gasteiger partial charge is 0.462 e. The minimum atomic E-state index is -0.530. The first-order chi connectivity index (χ1) is 8.66. The molecule has 1 aliphatic rings. The summed E-state index contributed by atoms with van der Waals surface area (Å²) >= 11 is 0. The van der Waals surface area contributed by atoms with Crippen molar-refractivity contribution in [3.8, 4) is 0 Å². The van der Waals surface area contributed by atoms with E-state index in [1.807, 2.05) is 0 Å². The Hall–Kier alpha value is -1.58. The summed E-state index contributed by atoms with van der Waals surface area (Å²) in [7, 11) is 0. The number of halogens is 1. The number of benzene rings is 1. The molecule has 0 heterocycles. The molecule has 98 valence electrons. The third-order valence-electron chi connectivity index (χ3n) is 3.41. The van der Waals surface area contributed by atoms with Gasteiger partial charge in [0, 0.05) is 5.69 Å². The maximum atomic E-state index is 13.0. The average Bonchev–Trinajstić information content (AvgIpc) is 2.40. The molecule has 2 N–H and O–H groups in total. The normalized spacial score (nSPS) is 16.5. The fraction of sp³-hybridized carbons (Fsp3) is 0.500. The molecule has 2 rings (SSSR count). The van der Waals surface area contributed by atoms with E-state index < -0.39 is 11.8 Å². The minimum absolute atomic E-state index is 0.116. The molecule has 4 heteroatoms. The molecule has 1 aromatic rings. The van der Waals surface area contributed by atoms with E-state index in [2.05, 4.69) is 0 Å². The van der Waals surface area contributed by atoms with Crippen LogP contribution in [0.5, 0.6) is 0 Å². The lowest BCUT2D eigenvalue weighted by molar-refractivity contribution is 0.0411. The van der Waals surface area contributed by atoms with Crippen LogP contribution in [-0.4, -0.2) is 12.6 Å². The SMILES string of the molecule is Nc1ccc(F)cc1C(=O)OCC1CCCCC1. The van der Waals surface area contributed by atoms with E-state index in [9.17, 15) is 9.18 Å². The molecule has 0 spiro atoms. The highest BCUT2D eigenvalue weighted by atomic mass is 19.1. The maximum absolute atomic E-state index is 13.0. The van der Waals surface area contributed by atoms with Gasteiger partial charge in [0.15, 0.2) is 0 Å². The van der Waals surface area contributed by atoms with E-state index in [0.717, 1.165) is 18.9 Å².